The molecule has 1 aliphatic rings. The lowest BCUT2D eigenvalue weighted by Crippen LogP contribution is -2.50. The van der Waals surface area contributed by atoms with E-state index in [0.29, 0.717) is 26.3 Å². The van der Waals surface area contributed by atoms with Crippen LogP contribution in [0, 0.1) is 0 Å². The van der Waals surface area contributed by atoms with Crippen molar-refractivity contribution in [2.45, 2.75) is 32.4 Å². The Hall–Kier alpha value is -0.650. The molecule has 1 aliphatic heterocycles. The molecule has 0 aromatic rings. The van der Waals surface area contributed by atoms with Crippen molar-refractivity contribution >= 4 is 5.91 Å². The van der Waals surface area contributed by atoms with Crippen molar-refractivity contribution < 1.29 is 14.3 Å². The van der Waals surface area contributed by atoms with E-state index in [9.17, 15) is 4.79 Å². The van der Waals surface area contributed by atoms with E-state index in [1.54, 1.807) is 4.90 Å². The molecule has 0 bridgehead atoms. The summed E-state index contributed by atoms with van der Waals surface area (Å²) in [5.41, 5.74) is 5.54. The summed E-state index contributed by atoms with van der Waals surface area (Å²) in [6, 6.07) is -0.572. The van der Waals surface area contributed by atoms with Gasteiger partial charge < -0.3 is 20.1 Å². The van der Waals surface area contributed by atoms with Crippen LogP contribution in [0.2, 0.25) is 0 Å². The van der Waals surface area contributed by atoms with Gasteiger partial charge in [-0.1, -0.05) is 0 Å². The normalized spacial score (nSPS) is 19.6. The van der Waals surface area contributed by atoms with Crippen molar-refractivity contribution in [3.05, 3.63) is 0 Å². The van der Waals surface area contributed by atoms with Gasteiger partial charge in [-0.25, -0.2) is 0 Å². The van der Waals surface area contributed by atoms with E-state index in [2.05, 4.69) is 0 Å². The molecule has 5 heteroatoms. The number of nitrogens with two attached hydrogens (primary N) is 1. The number of hydrogen-bond acceptors (Lipinski definition) is 4. The molecule has 1 rings (SSSR count). The van der Waals surface area contributed by atoms with Gasteiger partial charge >= 0.3 is 0 Å². The molecule has 0 radical (unpaired) electrons. The molecule has 0 aliphatic carbocycles. The average molecular weight is 230 g/mol. The van der Waals surface area contributed by atoms with Crippen LogP contribution in [0.1, 0.15) is 20.8 Å². The summed E-state index contributed by atoms with van der Waals surface area (Å²) >= 11 is 0. The third-order valence-electron chi connectivity index (χ3n) is 2.34. The summed E-state index contributed by atoms with van der Waals surface area (Å²) < 4.78 is 10.7. The molecule has 94 valence electrons. The maximum atomic E-state index is 11.9. The molecular weight excluding hydrogens is 208 g/mol. The summed E-state index contributed by atoms with van der Waals surface area (Å²) in [4.78, 5) is 13.6. The first kappa shape index (κ1) is 13.4. The molecule has 2 N–H and O–H groups in total. The Morgan fingerprint density at radius 2 is 2.00 bits per heavy atom. The maximum absolute atomic E-state index is 11.9. The zero-order chi connectivity index (χ0) is 12.2. The molecule has 0 aromatic heterocycles. The first-order chi connectivity index (χ1) is 7.40. The van der Waals surface area contributed by atoms with Gasteiger partial charge in [-0.05, 0) is 20.8 Å². The molecular formula is C11H22N2O3. The van der Waals surface area contributed by atoms with Crippen LogP contribution in [0.4, 0.5) is 0 Å². The van der Waals surface area contributed by atoms with Crippen LogP contribution < -0.4 is 5.73 Å². The van der Waals surface area contributed by atoms with Crippen molar-refractivity contribution in [3.63, 3.8) is 0 Å². The van der Waals surface area contributed by atoms with Gasteiger partial charge in [0.1, 0.15) is 6.04 Å². The summed E-state index contributed by atoms with van der Waals surface area (Å²) in [5.74, 6) is -0.0486. The van der Waals surface area contributed by atoms with Gasteiger partial charge in [0, 0.05) is 13.1 Å². The van der Waals surface area contributed by atoms with E-state index in [-0.39, 0.29) is 18.1 Å². The third-order valence-corrected chi connectivity index (χ3v) is 2.34. The Labute approximate surface area is 96.9 Å². The lowest BCUT2D eigenvalue weighted by molar-refractivity contribution is -0.139. The van der Waals surface area contributed by atoms with E-state index in [4.69, 9.17) is 15.2 Å². The predicted octanol–water partition coefficient (Wildman–Crippen LogP) is -0.0124. The molecule has 5 nitrogen and oxygen atoms in total. The lowest BCUT2D eigenvalue weighted by atomic mass is 10.2. The van der Waals surface area contributed by atoms with Crippen molar-refractivity contribution in [2.75, 3.05) is 32.9 Å². The number of hydrogen-bond donors (Lipinski definition) is 1. The minimum atomic E-state index is -0.572. The van der Waals surface area contributed by atoms with Gasteiger partial charge in [0.25, 0.3) is 0 Å². The van der Waals surface area contributed by atoms with E-state index in [1.807, 2.05) is 20.8 Å². The largest absolute Gasteiger partial charge is 0.378 e. The minimum absolute atomic E-state index is 0.0486. The maximum Gasteiger partial charge on any atom is 0.242 e. The van der Waals surface area contributed by atoms with Crippen LogP contribution >= 0.6 is 0 Å². The molecule has 0 saturated carbocycles. The Morgan fingerprint density at radius 1 is 1.44 bits per heavy atom. The van der Waals surface area contributed by atoms with Crippen molar-refractivity contribution in [1.82, 2.24) is 4.90 Å². The first-order valence-electron chi connectivity index (χ1n) is 5.66. The summed E-state index contributed by atoms with van der Waals surface area (Å²) in [6.07, 6.45) is 0. The second kappa shape index (κ2) is 5.61. The quantitative estimate of drug-likeness (QED) is 0.740. The van der Waals surface area contributed by atoms with Crippen molar-refractivity contribution in [1.29, 1.82) is 0 Å². The number of ether oxygens (including phenoxy) is 2. The summed E-state index contributed by atoms with van der Waals surface area (Å²) in [6.45, 7) is 8.54. The predicted molar refractivity (Wildman–Crippen MR) is 61.1 cm³/mol. The number of carbonyl (C=O) groups excluding carboxylic acids is 1. The number of rotatable bonds is 3. The Bertz CT molecular complexity index is 232. The van der Waals surface area contributed by atoms with Crippen LogP contribution in [0.15, 0.2) is 0 Å². The van der Waals surface area contributed by atoms with Crippen LogP contribution in [0.3, 0.4) is 0 Å². The molecule has 1 atom stereocenters. The second-order valence-corrected chi connectivity index (χ2v) is 4.97. The number of carbonyl (C=O) groups is 1. The van der Waals surface area contributed by atoms with Gasteiger partial charge in [0.2, 0.25) is 5.91 Å². The smallest absolute Gasteiger partial charge is 0.242 e. The highest BCUT2D eigenvalue weighted by Gasteiger charge is 2.24. The van der Waals surface area contributed by atoms with Crippen LogP contribution in [-0.2, 0) is 14.3 Å². The summed E-state index contributed by atoms with van der Waals surface area (Å²) in [5, 5.41) is 0. The van der Waals surface area contributed by atoms with E-state index in [0.717, 1.165) is 0 Å². The van der Waals surface area contributed by atoms with E-state index >= 15 is 0 Å². The standard InChI is InChI=1S/C11H22N2O3/c1-11(2,3)16-8-9(12)10(14)13-4-6-15-7-5-13/h9H,4-8,12H2,1-3H3/t9-/m1/s1. The van der Waals surface area contributed by atoms with Crippen LogP contribution in [0.5, 0.6) is 0 Å². The van der Waals surface area contributed by atoms with Gasteiger partial charge in [0.05, 0.1) is 25.4 Å². The Kier molecular flexibility index (Phi) is 4.70. The molecule has 0 spiro atoms. The van der Waals surface area contributed by atoms with E-state index in [1.165, 1.54) is 0 Å². The zero-order valence-electron chi connectivity index (χ0n) is 10.4. The van der Waals surface area contributed by atoms with Crippen LogP contribution in [-0.4, -0.2) is 55.4 Å². The molecule has 1 fully saturated rings. The fourth-order valence-corrected chi connectivity index (χ4v) is 1.43. The highest BCUT2D eigenvalue weighted by Crippen LogP contribution is 2.08. The van der Waals surface area contributed by atoms with Crippen molar-refractivity contribution in [2.24, 2.45) is 5.73 Å². The Balaban J connectivity index is 2.34. The van der Waals surface area contributed by atoms with Crippen molar-refractivity contribution in [3.8, 4) is 0 Å². The van der Waals surface area contributed by atoms with Crippen LogP contribution in [0.25, 0.3) is 0 Å². The SMILES string of the molecule is CC(C)(C)OC[C@@H](N)C(=O)N1CCOCC1. The van der Waals surface area contributed by atoms with Gasteiger partial charge in [-0.2, -0.15) is 0 Å². The van der Waals surface area contributed by atoms with Gasteiger partial charge in [-0.15, -0.1) is 0 Å². The summed E-state index contributed by atoms with van der Waals surface area (Å²) in [7, 11) is 0. The number of morpholine rings is 1. The Morgan fingerprint density at radius 3 is 2.50 bits per heavy atom. The second-order valence-electron chi connectivity index (χ2n) is 4.97. The molecule has 1 amide bonds. The molecule has 1 saturated heterocycles. The fraction of sp³-hybridized carbons (Fsp3) is 0.909. The molecule has 0 unspecified atom stereocenters. The average Bonchev–Trinajstić information content (AvgIpc) is 2.25. The lowest BCUT2D eigenvalue weighted by Gasteiger charge is -2.30. The molecule has 1 heterocycles. The fourth-order valence-electron chi connectivity index (χ4n) is 1.43. The number of nitrogens with zero attached hydrogens (tertiary/aromatic N) is 1. The zero-order valence-corrected chi connectivity index (χ0v) is 10.4. The first-order valence-corrected chi connectivity index (χ1v) is 5.66. The minimum Gasteiger partial charge on any atom is -0.378 e. The number of amides is 1. The van der Waals surface area contributed by atoms with Gasteiger partial charge in [0.15, 0.2) is 0 Å². The van der Waals surface area contributed by atoms with E-state index < -0.39 is 6.04 Å². The highest BCUT2D eigenvalue weighted by molar-refractivity contribution is 5.81. The molecule has 16 heavy (non-hydrogen) atoms. The van der Waals surface area contributed by atoms with Gasteiger partial charge in [-0.3, -0.25) is 4.79 Å². The monoisotopic (exact) mass is 230 g/mol. The molecule has 0 aromatic carbocycles. The third kappa shape index (κ3) is 4.47. The topological polar surface area (TPSA) is 64.8 Å². The highest BCUT2D eigenvalue weighted by atomic mass is 16.5.